The predicted molar refractivity (Wildman–Crippen MR) is 127 cm³/mol. The lowest BCUT2D eigenvalue weighted by molar-refractivity contribution is -0.384. The molecule has 2 heterocycles. The molecule has 2 atom stereocenters. The Morgan fingerprint density at radius 3 is 2.91 bits per heavy atom. The number of para-hydroxylation sites is 1. The van der Waals surface area contributed by atoms with Crippen LogP contribution < -0.4 is 10.9 Å². The quantitative estimate of drug-likeness (QED) is 0.228. The lowest BCUT2D eigenvalue weighted by Gasteiger charge is -2.18. The standard InChI is InChI=1S/C22H21ClN4O5S/c1-13(20(28)24-19-11-14(27(30)31)8-9-17(19)23)33-22-25-18-7-3-2-6-16(18)21(29)26(22)12-15-5-4-10-32-15/h2-3,6-9,11,13,15H,4-5,10,12H2,1H3,(H,24,28)/t13-,15+/m0/s1. The summed E-state index contributed by atoms with van der Waals surface area (Å²) in [6.07, 6.45) is 1.70. The number of hydrogen-bond donors (Lipinski definition) is 1. The molecule has 0 aliphatic carbocycles. The van der Waals surface area contributed by atoms with Gasteiger partial charge in [-0.2, -0.15) is 0 Å². The monoisotopic (exact) mass is 488 g/mol. The second kappa shape index (κ2) is 9.90. The largest absolute Gasteiger partial charge is 0.376 e. The molecule has 0 bridgehead atoms. The Labute approximate surface area is 198 Å². The van der Waals surface area contributed by atoms with Crippen LogP contribution in [0.4, 0.5) is 11.4 Å². The molecule has 33 heavy (non-hydrogen) atoms. The number of anilines is 1. The minimum atomic E-state index is -0.663. The van der Waals surface area contributed by atoms with Crippen LogP contribution >= 0.6 is 23.4 Å². The number of carbonyl (C=O) groups is 1. The minimum Gasteiger partial charge on any atom is -0.376 e. The van der Waals surface area contributed by atoms with Crippen LogP contribution in [-0.2, 0) is 16.1 Å². The third-order valence-electron chi connectivity index (χ3n) is 5.31. The molecule has 1 aromatic heterocycles. The SMILES string of the molecule is C[C@H](Sc1nc2ccccc2c(=O)n1C[C@H]1CCCO1)C(=O)Nc1cc([N+](=O)[O-])ccc1Cl. The van der Waals surface area contributed by atoms with Gasteiger partial charge in [-0.3, -0.25) is 24.3 Å². The summed E-state index contributed by atoms with van der Waals surface area (Å²) >= 11 is 7.23. The van der Waals surface area contributed by atoms with Gasteiger partial charge in [0.2, 0.25) is 5.91 Å². The van der Waals surface area contributed by atoms with Crippen LogP contribution in [0.5, 0.6) is 0 Å². The Morgan fingerprint density at radius 1 is 1.39 bits per heavy atom. The molecule has 0 unspecified atom stereocenters. The first kappa shape index (κ1) is 23.2. The average Bonchev–Trinajstić information content (AvgIpc) is 3.31. The van der Waals surface area contributed by atoms with Crippen LogP contribution in [0, 0.1) is 10.1 Å². The van der Waals surface area contributed by atoms with E-state index in [2.05, 4.69) is 10.3 Å². The number of fused-ring (bicyclic) bond motifs is 1. The molecular weight excluding hydrogens is 468 g/mol. The fourth-order valence-electron chi connectivity index (χ4n) is 3.56. The summed E-state index contributed by atoms with van der Waals surface area (Å²) < 4.78 is 7.27. The van der Waals surface area contributed by atoms with Crippen LogP contribution in [0.3, 0.4) is 0 Å². The highest BCUT2D eigenvalue weighted by atomic mass is 35.5. The molecule has 0 spiro atoms. The van der Waals surface area contributed by atoms with E-state index in [0.717, 1.165) is 24.6 Å². The van der Waals surface area contributed by atoms with E-state index in [0.29, 0.717) is 29.2 Å². The van der Waals surface area contributed by atoms with Gasteiger partial charge in [0.25, 0.3) is 11.2 Å². The van der Waals surface area contributed by atoms with E-state index < -0.39 is 16.1 Å². The molecule has 11 heteroatoms. The van der Waals surface area contributed by atoms with E-state index in [4.69, 9.17) is 16.3 Å². The number of nitrogens with zero attached hydrogens (tertiary/aromatic N) is 3. The van der Waals surface area contributed by atoms with Gasteiger partial charge in [0.1, 0.15) is 0 Å². The highest BCUT2D eigenvalue weighted by Gasteiger charge is 2.24. The van der Waals surface area contributed by atoms with Crippen molar-refractivity contribution in [3.05, 3.63) is 68.0 Å². The van der Waals surface area contributed by atoms with E-state index >= 15 is 0 Å². The Balaban J connectivity index is 1.61. The van der Waals surface area contributed by atoms with Gasteiger partial charge in [-0.05, 0) is 38.0 Å². The minimum absolute atomic E-state index is 0.0854. The van der Waals surface area contributed by atoms with Gasteiger partial charge >= 0.3 is 0 Å². The van der Waals surface area contributed by atoms with Gasteiger partial charge in [-0.1, -0.05) is 35.5 Å². The van der Waals surface area contributed by atoms with Crippen LogP contribution in [0.1, 0.15) is 19.8 Å². The first-order valence-corrected chi connectivity index (χ1v) is 11.6. The number of non-ortho nitro benzene ring substituents is 1. The number of halogens is 1. The van der Waals surface area contributed by atoms with E-state index in [9.17, 15) is 19.7 Å². The molecule has 1 amide bonds. The number of carbonyl (C=O) groups excluding carboxylic acids is 1. The zero-order valence-corrected chi connectivity index (χ0v) is 19.3. The molecular formula is C22H21ClN4O5S. The summed E-state index contributed by atoms with van der Waals surface area (Å²) in [5.41, 5.74) is 0.319. The fourth-order valence-corrected chi connectivity index (χ4v) is 4.64. The summed E-state index contributed by atoms with van der Waals surface area (Å²) in [7, 11) is 0. The Bertz CT molecular complexity index is 1280. The number of ether oxygens (including phenoxy) is 1. The van der Waals surface area contributed by atoms with Crippen molar-refractivity contribution in [3.8, 4) is 0 Å². The van der Waals surface area contributed by atoms with Crippen LogP contribution in [0.15, 0.2) is 52.4 Å². The lowest BCUT2D eigenvalue weighted by Crippen LogP contribution is -2.30. The number of hydrogen-bond acceptors (Lipinski definition) is 7. The molecule has 0 saturated carbocycles. The summed E-state index contributed by atoms with van der Waals surface area (Å²) in [4.78, 5) is 41.2. The van der Waals surface area contributed by atoms with Crippen molar-refractivity contribution in [3.63, 3.8) is 0 Å². The number of benzene rings is 2. The zero-order valence-electron chi connectivity index (χ0n) is 17.7. The number of aromatic nitrogens is 2. The molecule has 1 saturated heterocycles. The van der Waals surface area contributed by atoms with E-state index in [1.165, 1.54) is 18.2 Å². The molecule has 9 nitrogen and oxygen atoms in total. The highest BCUT2D eigenvalue weighted by molar-refractivity contribution is 8.00. The normalized spacial score (nSPS) is 16.6. The molecule has 4 rings (SSSR count). The van der Waals surface area contributed by atoms with Gasteiger partial charge in [0.05, 0.1) is 44.4 Å². The van der Waals surface area contributed by atoms with Crippen molar-refractivity contribution in [1.29, 1.82) is 0 Å². The number of amides is 1. The number of nitro benzene ring substituents is 1. The number of thioether (sulfide) groups is 1. The van der Waals surface area contributed by atoms with E-state index in [1.807, 2.05) is 0 Å². The molecule has 1 aliphatic rings. The molecule has 0 radical (unpaired) electrons. The Hall–Kier alpha value is -2.95. The molecule has 172 valence electrons. The van der Waals surface area contributed by atoms with Crippen LogP contribution in [0.2, 0.25) is 5.02 Å². The van der Waals surface area contributed by atoms with Crippen molar-refractivity contribution < 1.29 is 14.5 Å². The maximum absolute atomic E-state index is 13.2. The van der Waals surface area contributed by atoms with Crippen molar-refractivity contribution in [1.82, 2.24) is 9.55 Å². The topological polar surface area (TPSA) is 116 Å². The van der Waals surface area contributed by atoms with Gasteiger partial charge in [-0.25, -0.2) is 4.98 Å². The van der Waals surface area contributed by atoms with Gasteiger partial charge in [0, 0.05) is 18.7 Å². The first-order chi connectivity index (χ1) is 15.8. The molecule has 1 N–H and O–H groups in total. The van der Waals surface area contributed by atoms with Crippen molar-refractivity contribution >= 4 is 51.5 Å². The Kier molecular flexibility index (Phi) is 6.96. The Morgan fingerprint density at radius 2 is 2.18 bits per heavy atom. The summed E-state index contributed by atoms with van der Waals surface area (Å²) in [5.74, 6) is -0.423. The van der Waals surface area contributed by atoms with Crippen molar-refractivity contribution in [2.75, 3.05) is 11.9 Å². The lowest BCUT2D eigenvalue weighted by atomic mass is 10.2. The number of rotatable bonds is 7. The highest BCUT2D eigenvalue weighted by Crippen LogP contribution is 2.29. The molecule has 1 aliphatic heterocycles. The first-order valence-electron chi connectivity index (χ1n) is 10.4. The van der Waals surface area contributed by atoms with E-state index in [1.54, 1.807) is 35.8 Å². The van der Waals surface area contributed by atoms with Crippen LogP contribution in [0.25, 0.3) is 10.9 Å². The number of nitro groups is 1. The third kappa shape index (κ3) is 5.18. The molecule has 3 aromatic rings. The predicted octanol–water partition coefficient (Wildman–Crippen LogP) is 4.26. The van der Waals surface area contributed by atoms with E-state index in [-0.39, 0.29) is 28.1 Å². The molecule has 2 aromatic carbocycles. The maximum Gasteiger partial charge on any atom is 0.271 e. The van der Waals surface area contributed by atoms with Crippen molar-refractivity contribution in [2.24, 2.45) is 0 Å². The summed E-state index contributed by atoms with van der Waals surface area (Å²) in [6, 6.07) is 10.9. The fraction of sp³-hybridized carbons (Fsp3) is 0.318. The smallest absolute Gasteiger partial charge is 0.271 e. The summed E-state index contributed by atoms with van der Waals surface area (Å²) in [6.45, 7) is 2.68. The second-order valence-electron chi connectivity index (χ2n) is 7.63. The van der Waals surface area contributed by atoms with Crippen molar-refractivity contribution in [2.45, 2.75) is 42.8 Å². The molecule has 1 fully saturated rings. The van der Waals surface area contributed by atoms with Crippen LogP contribution in [-0.4, -0.2) is 38.3 Å². The maximum atomic E-state index is 13.2. The number of nitrogens with one attached hydrogen (secondary N) is 1. The zero-order chi connectivity index (χ0) is 23.5. The van der Waals surface area contributed by atoms with Gasteiger partial charge in [-0.15, -0.1) is 0 Å². The third-order valence-corrected chi connectivity index (χ3v) is 6.73. The average molecular weight is 489 g/mol. The van der Waals surface area contributed by atoms with Gasteiger partial charge < -0.3 is 10.1 Å². The second-order valence-corrected chi connectivity index (χ2v) is 9.35. The van der Waals surface area contributed by atoms with Gasteiger partial charge in [0.15, 0.2) is 5.16 Å². The summed E-state index contributed by atoms with van der Waals surface area (Å²) in [5, 5.41) is 14.1.